The van der Waals surface area contributed by atoms with Crippen molar-refractivity contribution in [3.8, 4) is 17.0 Å². The number of fused-ring (bicyclic) bond motifs is 1. The van der Waals surface area contributed by atoms with Crippen molar-refractivity contribution in [2.24, 2.45) is 7.05 Å². The summed E-state index contributed by atoms with van der Waals surface area (Å²) in [5.74, 6) is 0.701. The lowest BCUT2D eigenvalue weighted by molar-refractivity contribution is 0.416. The summed E-state index contributed by atoms with van der Waals surface area (Å²) in [6.07, 6.45) is 0. The van der Waals surface area contributed by atoms with E-state index >= 15 is 0 Å². The zero-order valence-corrected chi connectivity index (χ0v) is 13.5. The summed E-state index contributed by atoms with van der Waals surface area (Å²) in [5.41, 5.74) is 3.59. The Hall–Kier alpha value is -2.08. The number of benzene rings is 1. The standard InChI is InChI=1S/C15H14BrN3O2/c1-8-6-11(20)15-14(17-8)13(18-19(15)2)10-5-4-9(16)7-12(10)21-3/h4-7H,1-3H3,(H,17,20). The molecular weight excluding hydrogens is 334 g/mol. The molecule has 0 unspecified atom stereocenters. The highest BCUT2D eigenvalue weighted by molar-refractivity contribution is 9.10. The van der Waals surface area contributed by atoms with Crippen LogP contribution in [-0.2, 0) is 7.05 Å². The summed E-state index contributed by atoms with van der Waals surface area (Å²) in [6, 6.07) is 7.30. The number of aryl methyl sites for hydroxylation is 2. The maximum Gasteiger partial charge on any atom is 0.207 e. The lowest BCUT2D eigenvalue weighted by atomic mass is 10.1. The third-order valence-electron chi connectivity index (χ3n) is 3.37. The van der Waals surface area contributed by atoms with E-state index in [2.05, 4.69) is 26.0 Å². The van der Waals surface area contributed by atoms with Crippen molar-refractivity contribution < 1.29 is 4.74 Å². The molecule has 1 N–H and O–H groups in total. The smallest absolute Gasteiger partial charge is 0.207 e. The van der Waals surface area contributed by atoms with Crippen molar-refractivity contribution in [1.29, 1.82) is 0 Å². The highest BCUT2D eigenvalue weighted by Crippen LogP contribution is 2.34. The molecular formula is C15H14BrN3O2. The molecule has 0 amide bonds. The zero-order valence-electron chi connectivity index (χ0n) is 11.9. The Labute approximate surface area is 129 Å². The van der Waals surface area contributed by atoms with E-state index in [0.29, 0.717) is 17.0 Å². The molecule has 0 atom stereocenters. The van der Waals surface area contributed by atoms with Crippen LogP contribution in [0.2, 0.25) is 0 Å². The molecule has 2 aromatic heterocycles. The van der Waals surface area contributed by atoms with Gasteiger partial charge in [0.1, 0.15) is 17.0 Å². The Balaban J connectivity index is 2.39. The van der Waals surface area contributed by atoms with Gasteiger partial charge in [0.05, 0.1) is 12.6 Å². The van der Waals surface area contributed by atoms with Crippen molar-refractivity contribution >= 4 is 27.0 Å². The Morgan fingerprint density at radius 3 is 2.81 bits per heavy atom. The first-order valence-electron chi connectivity index (χ1n) is 6.42. The number of hydrogen-bond donors (Lipinski definition) is 1. The maximum atomic E-state index is 12.2. The van der Waals surface area contributed by atoms with E-state index in [4.69, 9.17) is 4.74 Å². The summed E-state index contributed by atoms with van der Waals surface area (Å²) < 4.78 is 7.95. The van der Waals surface area contributed by atoms with E-state index in [9.17, 15) is 4.79 Å². The van der Waals surface area contributed by atoms with Crippen LogP contribution in [0.3, 0.4) is 0 Å². The SMILES string of the molecule is COc1cc(Br)ccc1-c1nn(C)c2c(=O)cc(C)[nH]c12. The fourth-order valence-electron chi connectivity index (χ4n) is 2.47. The van der Waals surface area contributed by atoms with Crippen LogP contribution in [0.1, 0.15) is 5.69 Å². The molecule has 0 saturated carbocycles. The van der Waals surface area contributed by atoms with Crippen molar-refractivity contribution in [3.05, 3.63) is 44.7 Å². The van der Waals surface area contributed by atoms with E-state index < -0.39 is 0 Å². The lowest BCUT2D eigenvalue weighted by Gasteiger charge is -2.07. The van der Waals surface area contributed by atoms with Gasteiger partial charge in [0.15, 0.2) is 0 Å². The molecule has 0 fully saturated rings. The van der Waals surface area contributed by atoms with Gasteiger partial charge in [-0.05, 0) is 25.1 Å². The molecule has 0 saturated heterocycles. The molecule has 2 heterocycles. The van der Waals surface area contributed by atoms with Crippen LogP contribution in [0, 0.1) is 6.92 Å². The molecule has 0 aliphatic carbocycles. The van der Waals surface area contributed by atoms with Crippen molar-refractivity contribution in [2.45, 2.75) is 6.92 Å². The average Bonchev–Trinajstić information content (AvgIpc) is 2.75. The molecule has 6 heteroatoms. The topological polar surface area (TPSA) is 59.9 Å². The second-order valence-electron chi connectivity index (χ2n) is 4.86. The molecule has 108 valence electrons. The van der Waals surface area contributed by atoms with E-state index in [1.54, 1.807) is 24.9 Å². The van der Waals surface area contributed by atoms with Gasteiger partial charge in [-0.25, -0.2) is 0 Å². The molecule has 0 spiro atoms. The quantitative estimate of drug-likeness (QED) is 0.775. The largest absolute Gasteiger partial charge is 0.496 e. The van der Waals surface area contributed by atoms with Gasteiger partial charge in [-0.2, -0.15) is 5.10 Å². The zero-order chi connectivity index (χ0) is 15.1. The lowest BCUT2D eigenvalue weighted by Crippen LogP contribution is -2.06. The summed E-state index contributed by atoms with van der Waals surface area (Å²) in [7, 11) is 3.38. The number of nitrogens with zero attached hydrogens (tertiary/aromatic N) is 2. The van der Waals surface area contributed by atoms with Gasteiger partial charge in [0, 0.05) is 28.8 Å². The van der Waals surface area contributed by atoms with Crippen LogP contribution in [0.15, 0.2) is 33.5 Å². The van der Waals surface area contributed by atoms with E-state index in [1.807, 2.05) is 25.1 Å². The van der Waals surface area contributed by atoms with Gasteiger partial charge in [-0.3, -0.25) is 9.48 Å². The molecule has 21 heavy (non-hydrogen) atoms. The molecule has 0 bridgehead atoms. The molecule has 0 radical (unpaired) electrons. The number of aromatic amines is 1. The number of nitrogens with one attached hydrogen (secondary N) is 1. The summed E-state index contributed by atoms with van der Waals surface area (Å²) in [4.78, 5) is 15.4. The Morgan fingerprint density at radius 2 is 2.10 bits per heavy atom. The van der Waals surface area contributed by atoms with Gasteiger partial charge < -0.3 is 9.72 Å². The second kappa shape index (κ2) is 5.04. The van der Waals surface area contributed by atoms with Gasteiger partial charge >= 0.3 is 0 Å². The van der Waals surface area contributed by atoms with E-state index in [-0.39, 0.29) is 5.43 Å². The number of hydrogen-bond acceptors (Lipinski definition) is 3. The summed E-state index contributed by atoms with van der Waals surface area (Å²) >= 11 is 3.42. The molecule has 0 aliphatic rings. The van der Waals surface area contributed by atoms with Crippen LogP contribution in [0.25, 0.3) is 22.3 Å². The molecule has 0 aliphatic heterocycles. The molecule has 1 aromatic carbocycles. The number of methoxy groups -OCH3 is 1. The number of pyridine rings is 1. The molecule has 3 rings (SSSR count). The van der Waals surface area contributed by atoms with Gasteiger partial charge in [0.2, 0.25) is 5.43 Å². The van der Waals surface area contributed by atoms with Gasteiger partial charge in [0.25, 0.3) is 0 Å². The third kappa shape index (κ3) is 2.25. The predicted octanol–water partition coefficient (Wildman–Crippen LogP) is 3.01. The van der Waals surface area contributed by atoms with Crippen molar-refractivity contribution in [3.63, 3.8) is 0 Å². The Bertz CT molecular complexity index is 896. The van der Waals surface area contributed by atoms with Crippen LogP contribution in [0.5, 0.6) is 5.75 Å². The van der Waals surface area contributed by atoms with E-state index in [1.165, 1.54) is 0 Å². The van der Waals surface area contributed by atoms with Gasteiger partial charge in [-0.1, -0.05) is 15.9 Å². The monoisotopic (exact) mass is 347 g/mol. The van der Waals surface area contributed by atoms with Crippen molar-refractivity contribution in [2.75, 3.05) is 7.11 Å². The summed E-state index contributed by atoms with van der Waals surface area (Å²) in [6.45, 7) is 1.86. The first kappa shape index (κ1) is 13.9. The molecule has 3 aromatic rings. The Kier molecular flexibility index (Phi) is 3.33. The third-order valence-corrected chi connectivity index (χ3v) is 3.86. The van der Waals surface area contributed by atoms with Gasteiger partial charge in [-0.15, -0.1) is 0 Å². The fraction of sp³-hybridized carbons (Fsp3) is 0.200. The minimum atomic E-state index is -0.0430. The number of aromatic nitrogens is 3. The maximum absolute atomic E-state index is 12.2. The first-order valence-corrected chi connectivity index (χ1v) is 7.21. The number of rotatable bonds is 2. The number of halogens is 1. The van der Waals surface area contributed by atoms with Crippen molar-refractivity contribution in [1.82, 2.24) is 14.8 Å². The highest BCUT2D eigenvalue weighted by atomic mass is 79.9. The fourth-order valence-corrected chi connectivity index (χ4v) is 2.81. The van der Waals surface area contributed by atoms with Crippen LogP contribution in [0.4, 0.5) is 0 Å². The first-order chi connectivity index (χ1) is 10.0. The van der Waals surface area contributed by atoms with Crippen LogP contribution >= 0.6 is 15.9 Å². The normalized spacial score (nSPS) is 11.0. The molecule has 5 nitrogen and oxygen atoms in total. The highest BCUT2D eigenvalue weighted by Gasteiger charge is 2.17. The number of H-pyrrole nitrogens is 1. The second-order valence-corrected chi connectivity index (χ2v) is 5.77. The predicted molar refractivity (Wildman–Crippen MR) is 85.8 cm³/mol. The van der Waals surface area contributed by atoms with Crippen LogP contribution < -0.4 is 10.2 Å². The minimum Gasteiger partial charge on any atom is -0.496 e. The van der Waals surface area contributed by atoms with E-state index in [0.717, 1.165) is 21.2 Å². The Morgan fingerprint density at radius 1 is 1.33 bits per heavy atom. The number of ether oxygens (including phenoxy) is 1. The average molecular weight is 348 g/mol. The summed E-state index contributed by atoms with van der Waals surface area (Å²) in [5, 5.41) is 4.49. The minimum absolute atomic E-state index is 0.0430. The van der Waals surface area contributed by atoms with Crippen LogP contribution in [-0.4, -0.2) is 21.9 Å².